The average molecular weight is 352 g/mol. The highest BCUT2D eigenvalue weighted by atomic mass is 15.2. The molecular weight excluding hydrogens is 310 g/mol. The molecule has 0 spiro atoms. The Bertz CT molecular complexity index is 395. The lowest BCUT2D eigenvalue weighted by molar-refractivity contribution is 0.104. The van der Waals surface area contributed by atoms with Crippen molar-refractivity contribution in [2.75, 3.05) is 59.9 Å². The van der Waals surface area contributed by atoms with E-state index in [9.17, 15) is 0 Å². The van der Waals surface area contributed by atoms with Gasteiger partial charge in [0.15, 0.2) is 5.96 Å². The molecule has 2 aliphatic rings. The first kappa shape index (κ1) is 20.5. The number of hydrogen-bond acceptors (Lipinski definition) is 3. The van der Waals surface area contributed by atoms with Crippen LogP contribution in [0.3, 0.4) is 0 Å². The van der Waals surface area contributed by atoms with E-state index in [4.69, 9.17) is 0 Å². The maximum absolute atomic E-state index is 4.40. The Hall–Kier alpha value is -0.810. The molecule has 5 heteroatoms. The van der Waals surface area contributed by atoms with Gasteiger partial charge in [0.25, 0.3) is 0 Å². The molecule has 0 aromatic carbocycles. The molecule has 0 aromatic rings. The highest BCUT2D eigenvalue weighted by Gasteiger charge is 2.37. The van der Waals surface area contributed by atoms with Crippen molar-refractivity contribution in [3.8, 4) is 0 Å². The summed E-state index contributed by atoms with van der Waals surface area (Å²) in [5.74, 6) is 1.77. The molecule has 0 atom stereocenters. The van der Waals surface area contributed by atoms with Crippen LogP contribution < -0.4 is 10.6 Å². The number of piperazine rings is 1. The Kier molecular flexibility index (Phi) is 8.50. The van der Waals surface area contributed by atoms with Crippen molar-refractivity contribution in [1.82, 2.24) is 20.4 Å². The summed E-state index contributed by atoms with van der Waals surface area (Å²) < 4.78 is 0. The van der Waals surface area contributed by atoms with E-state index in [0.717, 1.165) is 25.0 Å². The second-order valence-electron chi connectivity index (χ2n) is 8.66. The van der Waals surface area contributed by atoms with Crippen LogP contribution in [0.2, 0.25) is 0 Å². The molecule has 0 aromatic heterocycles. The first-order chi connectivity index (χ1) is 12.0. The molecule has 1 heterocycles. The van der Waals surface area contributed by atoms with Crippen LogP contribution in [0.4, 0.5) is 0 Å². The van der Waals surface area contributed by atoms with Crippen LogP contribution >= 0.6 is 0 Å². The predicted molar refractivity (Wildman–Crippen MR) is 108 cm³/mol. The van der Waals surface area contributed by atoms with Crippen LogP contribution in [0.1, 0.15) is 52.4 Å². The minimum absolute atomic E-state index is 0.521. The summed E-state index contributed by atoms with van der Waals surface area (Å²) in [5, 5.41) is 7.09. The number of nitrogens with zero attached hydrogens (tertiary/aromatic N) is 3. The summed E-state index contributed by atoms with van der Waals surface area (Å²) >= 11 is 0. The Morgan fingerprint density at radius 1 is 1.08 bits per heavy atom. The fraction of sp³-hybridized carbons (Fsp3) is 0.950. The third-order valence-electron chi connectivity index (χ3n) is 5.90. The lowest BCUT2D eigenvalue weighted by atomic mass is 9.64. The van der Waals surface area contributed by atoms with Gasteiger partial charge in [0, 0.05) is 46.3 Å². The lowest BCUT2D eigenvalue weighted by Crippen LogP contribution is -2.47. The van der Waals surface area contributed by atoms with Gasteiger partial charge >= 0.3 is 0 Å². The van der Waals surface area contributed by atoms with Gasteiger partial charge in [0.2, 0.25) is 0 Å². The zero-order valence-corrected chi connectivity index (χ0v) is 17.1. The second-order valence-corrected chi connectivity index (χ2v) is 8.66. The Labute approximate surface area is 155 Å². The topological polar surface area (TPSA) is 42.9 Å². The zero-order valence-electron chi connectivity index (χ0n) is 17.1. The maximum Gasteiger partial charge on any atom is 0.190 e. The number of hydrogen-bond donors (Lipinski definition) is 2. The smallest absolute Gasteiger partial charge is 0.190 e. The summed E-state index contributed by atoms with van der Waals surface area (Å²) in [7, 11) is 4.10. The van der Waals surface area contributed by atoms with Gasteiger partial charge in [-0.05, 0) is 57.0 Å². The summed E-state index contributed by atoms with van der Waals surface area (Å²) in [5.41, 5.74) is 0.521. The average Bonchev–Trinajstić information content (AvgIpc) is 2.56. The van der Waals surface area contributed by atoms with Crippen molar-refractivity contribution >= 4 is 5.96 Å². The number of likely N-dealkylation sites (N-methyl/N-ethyl adjacent to an activating group) is 1. The molecule has 1 saturated heterocycles. The van der Waals surface area contributed by atoms with Crippen LogP contribution in [-0.2, 0) is 0 Å². The van der Waals surface area contributed by atoms with Gasteiger partial charge in [-0.1, -0.05) is 20.3 Å². The van der Waals surface area contributed by atoms with Crippen LogP contribution in [0, 0.1) is 11.3 Å². The first-order valence-corrected chi connectivity index (χ1v) is 10.4. The minimum atomic E-state index is 0.521. The van der Waals surface area contributed by atoms with Crippen LogP contribution in [-0.4, -0.2) is 75.7 Å². The van der Waals surface area contributed by atoms with Crippen molar-refractivity contribution in [1.29, 1.82) is 0 Å². The molecule has 2 rings (SSSR count). The van der Waals surface area contributed by atoms with E-state index >= 15 is 0 Å². The highest BCUT2D eigenvalue weighted by Crippen LogP contribution is 2.45. The van der Waals surface area contributed by atoms with E-state index in [1.807, 2.05) is 7.05 Å². The molecule has 0 bridgehead atoms. The van der Waals surface area contributed by atoms with E-state index in [1.54, 1.807) is 0 Å². The van der Waals surface area contributed by atoms with E-state index in [1.165, 1.54) is 71.2 Å². The third-order valence-corrected chi connectivity index (χ3v) is 5.90. The van der Waals surface area contributed by atoms with E-state index in [-0.39, 0.29) is 0 Å². The summed E-state index contributed by atoms with van der Waals surface area (Å²) in [6, 6.07) is 0. The van der Waals surface area contributed by atoms with E-state index < -0.39 is 0 Å². The number of aliphatic imine (C=N–C) groups is 1. The summed E-state index contributed by atoms with van der Waals surface area (Å²) in [6.45, 7) is 12.9. The van der Waals surface area contributed by atoms with E-state index in [2.05, 4.69) is 46.3 Å². The van der Waals surface area contributed by atoms with Gasteiger partial charge in [-0.3, -0.25) is 4.99 Å². The third kappa shape index (κ3) is 7.14. The first-order valence-electron chi connectivity index (χ1n) is 10.4. The van der Waals surface area contributed by atoms with Gasteiger partial charge in [-0.2, -0.15) is 0 Å². The fourth-order valence-electron chi connectivity index (χ4n) is 4.23. The number of guanidine groups is 1. The molecule has 2 fully saturated rings. The van der Waals surface area contributed by atoms with E-state index in [0.29, 0.717) is 5.41 Å². The van der Waals surface area contributed by atoms with Crippen molar-refractivity contribution in [2.24, 2.45) is 16.3 Å². The van der Waals surface area contributed by atoms with Crippen molar-refractivity contribution in [3.05, 3.63) is 0 Å². The minimum Gasteiger partial charge on any atom is -0.356 e. The number of rotatable bonds is 9. The van der Waals surface area contributed by atoms with Gasteiger partial charge < -0.3 is 20.4 Å². The van der Waals surface area contributed by atoms with Gasteiger partial charge in [0.1, 0.15) is 0 Å². The van der Waals surface area contributed by atoms with Crippen molar-refractivity contribution in [2.45, 2.75) is 52.4 Å². The molecule has 2 N–H and O–H groups in total. The van der Waals surface area contributed by atoms with Crippen molar-refractivity contribution in [3.63, 3.8) is 0 Å². The molecule has 146 valence electrons. The Morgan fingerprint density at radius 2 is 1.80 bits per heavy atom. The molecule has 5 nitrogen and oxygen atoms in total. The van der Waals surface area contributed by atoms with Crippen LogP contribution in [0.25, 0.3) is 0 Å². The number of unbranched alkanes of at least 4 members (excludes halogenated alkanes) is 1. The molecule has 1 aliphatic heterocycles. The second kappa shape index (κ2) is 10.4. The SMILES string of the molecule is CN=C(NCCCCN1CCN(C)CC1)NCC1(CC(C)C)CCC1. The molecular formula is C20H41N5. The van der Waals surface area contributed by atoms with Crippen LogP contribution in [0.5, 0.6) is 0 Å². The van der Waals surface area contributed by atoms with Gasteiger partial charge in [-0.25, -0.2) is 0 Å². The fourth-order valence-corrected chi connectivity index (χ4v) is 4.23. The predicted octanol–water partition coefficient (Wildman–Crippen LogP) is 2.40. The van der Waals surface area contributed by atoms with Gasteiger partial charge in [0.05, 0.1) is 0 Å². The quantitative estimate of drug-likeness (QED) is 0.380. The zero-order chi connectivity index (χ0) is 18.1. The van der Waals surface area contributed by atoms with Crippen LogP contribution in [0.15, 0.2) is 4.99 Å². The van der Waals surface area contributed by atoms with Gasteiger partial charge in [-0.15, -0.1) is 0 Å². The molecule has 1 saturated carbocycles. The standard InChI is InChI=1S/C20H41N5/c1-18(2)16-20(8-7-9-20)17-23-19(21-3)22-10-5-6-11-25-14-12-24(4)13-15-25/h18H,5-17H2,1-4H3,(H2,21,22,23). The maximum atomic E-state index is 4.40. The largest absolute Gasteiger partial charge is 0.356 e. The Morgan fingerprint density at radius 3 is 2.36 bits per heavy atom. The van der Waals surface area contributed by atoms with Crippen molar-refractivity contribution < 1.29 is 0 Å². The molecule has 0 unspecified atom stereocenters. The molecule has 25 heavy (non-hydrogen) atoms. The monoisotopic (exact) mass is 351 g/mol. The molecule has 1 aliphatic carbocycles. The summed E-state index contributed by atoms with van der Waals surface area (Å²) in [4.78, 5) is 9.42. The molecule has 0 amide bonds. The normalized spacial score (nSPS) is 22.0. The lowest BCUT2D eigenvalue weighted by Gasteiger charge is -2.43. The molecule has 0 radical (unpaired) electrons. The number of nitrogens with one attached hydrogen (secondary N) is 2. The Balaban J connectivity index is 1.56. The summed E-state index contributed by atoms with van der Waals surface area (Å²) in [6.07, 6.45) is 7.96. The highest BCUT2D eigenvalue weighted by molar-refractivity contribution is 5.79.